The first-order chi connectivity index (χ1) is 13.7. The molecule has 0 aliphatic heterocycles. The molecule has 3 aromatic rings. The van der Waals surface area contributed by atoms with Crippen LogP contribution in [0.4, 0.5) is 13.2 Å². The molecule has 1 fully saturated rings. The zero-order chi connectivity index (χ0) is 20.8. The Labute approximate surface area is 164 Å². The van der Waals surface area contributed by atoms with E-state index < -0.39 is 11.9 Å². The van der Waals surface area contributed by atoms with Gasteiger partial charge in [0.25, 0.3) is 5.91 Å². The molecule has 4 rings (SSSR count). The Morgan fingerprint density at radius 3 is 2.79 bits per heavy atom. The molecule has 3 heterocycles. The summed E-state index contributed by atoms with van der Waals surface area (Å²) in [5, 5.41) is 11.3. The molecule has 1 N–H and O–H groups in total. The van der Waals surface area contributed by atoms with E-state index in [2.05, 4.69) is 20.5 Å². The standard InChI is InChI=1S/C19H21F3N6O/c1-11(10-28-6-5-16(26-28)19(20,21)22)8-23-18(29)13-7-15(12-3-4-12)25-17-14(13)9-24-27(17)2/h5-7,9,11-12H,3-4,8,10H2,1-2H3,(H,23,29)/t11-/m0/s1. The number of rotatable bonds is 6. The third-order valence-electron chi connectivity index (χ3n) is 5.01. The molecule has 1 saturated carbocycles. The summed E-state index contributed by atoms with van der Waals surface area (Å²) < 4.78 is 40.9. The maximum absolute atomic E-state index is 12.8. The highest BCUT2D eigenvalue weighted by Crippen LogP contribution is 2.40. The van der Waals surface area contributed by atoms with Crippen LogP contribution in [0.5, 0.6) is 0 Å². The monoisotopic (exact) mass is 406 g/mol. The lowest BCUT2D eigenvalue weighted by atomic mass is 10.1. The van der Waals surface area contributed by atoms with Gasteiger partial charge in [0, 0.05) is 37.9 Å². The van der Waals surface area contributed by atoms with Crippen LogP contribution in [0.2, 0.25) is 0 Å². The highest BCUT2D eigenvalue weighted by atomic mass is 19.4. The minimum atomic E-state index is -4.46. The Hall–Kier alpha value is -2.91. The van der Waals surface area contributed by atoms with Gasteiger partial charge in [-0.2, -0.15) is 23.4 Å². The van der Waals surface area contributed by atoms with Crippen LogP contribution in [-0.4, -0.2) is 37.0 Å². The van der Waals surface area contributed by atoms with Crippen molar-refractivity contribution < 1.29 is 18.0 Å². The summed E-state index contributed by atoms with van der Waals surface area (Å²) in [4.78, 5) is 17.4. The summed E-state index contributed by atoms with van der Waals surface area (Å²) in [7, 11) is 1.79. The van der Waals surface area contributed by atoms with Crippen LogP contribution in [0.1, 0.15) is 47.4 Å². The average Bonchev–Trinajstić information content (AvgIpc) is 3.30. The number of amides is 1. The number of fused-ring (bicyclic) bond motifs is 1. The van der Waals surface area contributed by atoms with Gasteiger partial charge >= 0.3 is 6.18 Å². The molecule has 0 saturated heterocycles. The van der Waals surface area contributed by atoms with Gasteiger partial charge in [0.2, 0.25) is 0 Å². The fourth-order valence-electron chi connectivity index (χ4n) is 3.27. The minimum absolute atomic E-state index is 0.103. The average molecular weight is 406 g/mol. The first-order valence-corrected chi connectivity index (χ1v) is 9.44. The topological polar surface area (TPSA) is 77.6 Å². The second kappa shape index (κ2) is 7.16. The molecule has 0 bridgehead atoms. The molecule has 1 aliphatic rings. The Kier molecular flexibility index (Phi) is 4.79. The van der Waals surface area contributed by atoms with Gasteiger partial charge in [-0.05, 0) is 30.9 Å². The number of carbonyl (C=O) groups excluding carboxylic acids is 1. The second-order valence-electron chi connectivity index (χ2n) is 7.61. The largest absolute Gasteiger partial charge is 0.435 e. The van der Waals surface area contributed by atoms with Crippen molar-refractivity contribution in [3.8, 4) is 0 Å². The molecule has 1 amide bonds. The molecule has 154 valence electrons. The van der Waals surface area contributed by atoms with Crippen molar-refractivity contribution in [3.05, 3.63) is 41.5 Å². The maximum atomic E-state index is 12.8. The minimum Gasteiger partial charge on any atom is -0.352 e. The quantitative estimate of drug-likeness (QED) is 0.682. The summed E-state index contributed by atoms with van der Waals surface area (Å²) >= 11 is 0. The Balaban J connectivity index is 1.44. The van der Waals surface area contributed by atoms with Crippen LogP contribution < -0.4 is 5.32 Å². The van der Waals surface area contributed by atoms with Crippen LogP contribution in [0.3, 0.4) is 0 Å². The van der Waals surface area contributed by atoms with Crippen molar-refractivity contribution in [2.24, 2.45) is 13.0 Å². The predicted molar refractivity (Wildman–Crippen MR) is 99.2 cm³/mol. The molecular weight excluding hydrogens is 385 g/mol. The number of hydrogen-bond donors (Lipinski definition) is 1. The molecule has 7 nitrogen and oxygen atoms in total. The highest BCUT2D eigenvalue weighted by molar-refractivity contribution is 6.05. The van der Waals surface area contributed by atoms with Gasteiger partial charge < -0.3 is 5.32 Å². The Morgan fingerprint density at radius 2 is 2.14 bits per heavy atom. The fraction of sp³-hybridized carbons (Fsp3) is 0.474. The zero-order valence-electron chi connectivity index (χ0n) is 16.1. The SMILES string of the molecule is C[C@@H](CNC(=O)c1cc(C2CC2)nc2c1cnn2C)Cn1ccc(C(F)(F)F)n1. The van der Waals surface area contributed by atoms with Crippen molar-refractivity contribution in [1.82, 2.24) is 29.9 Å². The van der Waals surface area contributed by atoms with Gasteiger partial charge in [-0.3, -0.25) is 14.2 Å². The molecule has 3 aromatic heterocycles. The molecule has 29 heavy (non-hydrogen) atoms. The van der Waals surface area contributed by atoms with Crippen molar-refractivity contribution in [3.63, 3.8) is 0 Å². The Morgan fingerprint density at radius 1 is 1.38 bits per heavy atom. The normalized spacial score (nSPS) is 15.6. The van der Waals surface area contributed by atoms with E-state index >= 15 is 0 Å². The smallest absolute Gasteiger partial charge is 0.352 e. The number of nitrogens with zero attached hydrogens (tertiary/aromatic N) is 5. The van der Waals surface area contributed by atoms with E-state index in [1.807, 2.05) is 13.0 Å². The number of pyridine rings is 1. The lowest BCUT2D eigenvalue weighted by Crippen LogP contribution is -2.30. The van der Waals surface area contributed by atoms with E-state index in [-0.39, 0.29) is 18.4 Å². The Bertz CT molecular complexity index is 1050. The lowest BCUT2D eigenvalue weighted by Gasteiger charge is -2.14. The number of aromatic nitrogens is 5. The highest BCUT2D eigenvalue weighted by Gasteiger charge is 2.33. The van der Waals surface area contributed by atoms with E-state index in [0.717, 1.165) is 24.6 Å². The molecule has 1 aliphatic carbocycles. The number of aryl methyl sites for hydroxylation is 1. The molecular formula is C19H21F3N6O. The second-order valence-corrected chi connectivity index (χ2v) is 7.61. The van der Waals surface area contributed by atoms with E-state index in [4.69, 9.17) is 0 Å². The van der Waals surface area contributed by atoms with Crippen molar-refractivity contribution in [1.29, 1.82) is 0 Å². The maximum Gasteiger partial charge on any atom is 0.435 e. The van der Waals surface area contributed by atoms with Gasteiger partial charge in [-0.25, -0.2) is 4.98 Å². The number of hydrogen-bond acceptors (Lipinski definition) is 4. The van der Waals surface area contributed by atoms with Crippen molar-refractivity contribution in [2.75, 3.05) is 6.54 Å². The molecule has 1 atom stereocenters. The van der Waals surface area contributed by atoms with Crippen LogP contribution in [0.15, 0.2) is 24.5 Å². The van der Waals surface area contributed by atoms with Gasteiger partial charge in [-0.1, -0.05) is 6.92 Å². The van der Waals surface area contributed by atoms with Crippen LogP contribution in [0.25, 0.3) is 11.0 Å². The molecule has 0 unspecified atom stereocenters. The van der Waals surface area contributed by atoms with E-state index in [1.165, 1.54) is 10.9 Å². The van der Waals surface area contributed by atoms with Gasteiger partial charge in [-0.15, -0.1) is 0 Å². The zero-order valence-corrected chi connectivity index (χ0v) is 16.1. The predicted octanol–water partition coefficient (Wildman–Crippen LogP) is 3.13. The van der Waals surface area contributed by atoms with Gasteiger partial charge in [0.1, 0.15) is 0 Å². The summed E-state index contributed by atoms with van der Waals surface area (Å²) in [5.41, 5.74) is 1.17. The van der Waals surface area contributed by atoms with Crippen LogP contribution >= 0.6 is 0 Å². The molecule has 0 aromatic carbocycles. The van der Waals surface area contributed by atoms with Crippen LogP contribution in [-0.2, 0) is 19.8 Å². The number of carbonyl (C=O) groups is 1. The third kappa shape index (κ3) is 4.10. The summed E-state index contributed by atoms with van der Waals surface area (Å²) in [6.45, 7) is 2.42. The third-order valence-corrected chi connectivity index (χ3v) is 5.01. The van der Waals surface area contributed by atoms with Crippen molar-refractivity contribution >= 4 is 16.9 Å². The van der Waals surface area contributed by atoms with Crippen molar-refractivity contribution in [2.45, 2.75) is 38.4 Å². The number of nitrogens with one attached hydrogen (secondary N) is 1. The number of halogens is 3. The molecule has 0 spiro atoms. The summed E-state index contributed by atoms with van der Waals surface area (Å²) in [6, 6.07) is 2.77. The van der Waals surface area contributed by atoms with Gasteiger partial charge in [0.15, 0.2) is 11.3 Å². The molecule has 0 radical (unpaired) electrons. The van der Waals surface area contributed by atoms with Gasteiger partial charge in [0.05, 0.1) is 17.1 Å². The summed E-state index contributed by atoms with van der Waals surface area (Å²) in [5.74, 6) is 0.0482. The fourth-order valence-corrected chi connectivity index (χ4v) is 3.27. The van der Waals surface area contributed by atoms with E-state index in [1.54, 1.807) is 17.9 Å². The van der Waals surface area contributed by atoms with Crippen LogP contribution in [0, 0.1) is 5.92 Å². The number of alkyl halides is 3. The summed E-state index contributed by atoms with van der Waals surface area (Å²) in [6.07, 6.45) is 0.597. The molecule has 10 heteroatoms. The first kappa shape index (κ1) is 19.4. The van der Waals surface area contributed by atoms with E-state index in [0.29, 0.717) is 29.1 Å². The lowest BCUT2D eigenvalue weighted by molar-refractivity contribution is -0.141. The first-order valence-electron chi connectivity index (χ1n) is 9.44. The van der Waals surface area contributed by atoms with E-state index in [9.17, 15) is 18.0 Å².